The van der Waals surface area contributed by atoms with E-state index in [0.29, 0.717) is 37.3 Å². The van der Waals surface area contributed by atoms with Crippen LogP contribution < -0.4 is 27.4 Å². The molecule has 3 amide bonds. The third kappa shape index (κ3) is 10.5. The number of aliphatic hydroxyl groups is 1. The van der Waals surface area contributed by atoms with Crippen molar-refractivity contribution in [1.82, 2.24) is 25.9 Å². The van der Waals surface area contributed by atoms with Crippen molar-refractivity contribution in [2.24, 2.45) is 11.5 Å². The zero-order chi connectivity index (χ0) is 25.5. The number of carboxylic acid groups (broad SMARTS) is 1. The van der Waals surface area contributed by atoms with Crippen LogP contribution in [0.15, 0.2) is 12.5 Å². The van der Waals surface area contributed by atoms with Gasteiger partial charge < -0.3 is 42.6 Å². The smallest absolute Gasteiger partial charge is 0.326 e. The van der Waals surface area contributed by atoms with E-state index in [4.69, 9.17) is 11.5 Å². The molecule has 10 N–H and O–H groups in total. The van der Waals surface area contributed by atoms with Crippen LogP contribution in [0.5, 0.6) is 0 Å². The molecule has 4 atom stereocenters. The lowest BCUT2D eigenvalue weighted by molar-refractivity contribution is -0.142. The lowest BCUT2D eigenvalue weighted by atomic mass is 10.1. The quantitative estimate of drug-likeness (QED) is 0.106. The number of amides is 3. The van der Waals surface area contributed by atoms with Gasteiger partial charge in [0.2, 0.25) is 17.7 Å². The Morgan fingerprint density at radius 1 is 1.06 bits per heavy atom. The number of aliphatic hydroxyl groups excluding tert-OH is 1. The third-order valence-corrected chi connectivity index (χ3v) is 5.60. The maximum absolute atomic E-state index is 12.9. The molecular formula is C20H35N7O6S. The summed E-state index contributed by atoms with van der Waals surface area (Å²) in [6, 6.07) is -4.56. The van der Waals surface area contributed by atoms with Gasteiger partial charge in [-0.2, -0.15) is 11.8 Å². The van der Waals surface area contributed by atoms with Crippen molar-refractivity contribution in [1.29, 1.82) is 0 Å². The lowest BCUT2D eigenvalue weighted by Crippen LogP contribution is -2.58. The van der Waals surface area contributed by atoms with Crippen molar-refractivity contribution in [3.8, 4) is 0 Å². The van der Waals surface area contributed by atoms with Crippen LogP contribution in [0.25, 0.3) is 0 Å². The van der Waals surface area contributed by atoms with Crippen LogP contribution in [0, 0.1) is 0 Å². The summed E-state index contributed by atoms with van der Waals surface area (Å²) < 4.78 is 0. The average molecular weight is 502 g/mol. The molecule has 0 spiro atoms. The van der Waals surface area contributed by atoms with Crippen LogP contribution in [0.2, 0.25) is 0 Å². The maximum Gasteiger partial charge on any atom is 0.326 e. The number of nitrogens with two attached hydrogens (primary N) is 2. The summed E-state index contributed by atoms with van der Waals surface area (Å²) >= 11 is 1.44. The molecule has 1 aromatic heterocycles. The molecule has 0 saturated carbocycles. The van der Waals surface area contributed by atoms with E-state index in [1.807, 2.05) is 6.26 Å². The van der Waals surface area contributed by atoms with Crippen molar-refractivity contribution >= 4 is 35.5 Å². The fraction of sp³-hybridized carbons (Fsp3) is 0.650. The summed E-state index contributed by atoms with van der Waals surface area (Å²) in [6.07, 6.45) is 6.55. The van der Waals surface area contributed by atoms with E-state index in [-0.39, 0.29) is 12.8 Å². The van der Waals surface area contributed by atoms with Gasteiger partial charge in [0.1, 0.15) is 18.1 Å². The van der Waals surface area contributed by atoms with E-state index in [0.717, 1.165) is 0 Å². The van der Waals surface area contributed by atoms with Gasteiger partial charge in [-0.3, -0.25) is 14.4 Å². The molecule has 34 heavy (non-hydrogen) atoms. The molecule has 1 rings (SSSR count). The fourth-order valence-electron chi connectivity index (χ4n) is 2.98. The van der Waals surface area contributed by atoms with Gasteiger partial charge in [0.05, 0.1) is 19.0 Å². The lowest BCUT2D eigenvalue weighted by Gasteiger charge is -2.24. The molecule has 0 aromatic carbocycles. The zero-order valence-electron chi connectivity index (χ0n) is 19.2. The van der Waals surface area contributed by atoms with Crippen LogP contribution in [-0.2, 0) is 25.6 Å². The van der Waals surface area contributed by atoms with Gasteiger partial charge in [0.15, 0.2) is 0 Å². The maximum atomic E-state index is 12.9. The molecule has 14 heteroatoms. The van der Waals surface area contributed by atoms with Gasteiger partial charge in [-0.05, 0) is 37.8 Å². The molecule has 192 valence electrons. The Morgan fingerprint density at radius 2 is 1.71 bits per heavy atom. The largest absolute Gasteiger partial charge is 0.480 e. The summed E-state index contributed by atoms with van der Waals surface area (Å²) in [5.41, 5.74) is 11.8. The SMILES string of the molecule is CSCCC(NC(=O)C(Cc1cnc[nH]1)NC(=O)C(CO)NC(=O)C(N)CCCCN)C(=O)O. The zero-order valence-corrected chi connectivity index (χ0v) is 20.0. The number of rotatable bonds is 17. The van der Waals surface area contributed by atoms with E-state index >= 15 is 0 Å². The number of imidazole rings is 1. The molecule has 0 fully saturated rings. The van der Waals surface area contributed by atoms with Crippen LogP contribution in [0.1, 0.15) is 31.4 Å². The molecule has 1 heterocycles. The first-order valence-corrected chi connectivity index (χ1v) is 12.3. The first-order chi connectivity index (χ1) is 16.2. The number of carboxylic acids is 1. The standard InChI is InChI=1S/C20H35N7O6S/c1-34-7-5-14(20(32)33)25-18(30)15(8-12-9-23-11-24-12)26-19(31)16(10-28)27-17(29)13(22)4-2-3-6-21/h9,11,13-16,28H,2-8,10,21-22H2,1H3,(H,23,24)(H,25,30)(H,26,31)(H,27,29)(H,32,33). The Labute approximate surface area is 202 Å². The van der Waals surface area contributed by atoms with E-state index in [1.165, 1.54) is 24.3 Å². The summed E-state index contributed by atoms with van der Waals surface area (Å²) in [5.74, 6) is -2.85. The molecular weight excluding hydrogens is 466 g/mol. The second-order valence-corrected chi connectivity index (χ2v) is 8.64. The number of carbonyl (C=O) groups is 4. The molecule has 13 nitrogen and oxygen atoms in total. The van der Waals surface area contributed by atoms with E-state index < -0.39 is 54.5 Å². The molecule has 1 aromatic rings. The molecule has 0 aliphatic carbocycles. The predicted molar refractivity (Wildman–Crippen MR) is 127 cm³/mol. The number of hydrogen-bond acceptors (Lipinski definition) is 9. The predicted octanol–water partition coefficient (Wildman–Crippen LogP) is -2.31. The van der Waals surface area contributed by atoms with E-state index in [2.05, 4.69) is 25.9 Å². The number of carbonyl (C=O) groups excluding carboxylic acids is 3. The second-order valence-electron chi connectivity index (χ2n) is 7.66. The van der Waals surface area contributed by atoms with Crippen molar-refractivity contribution in [3.63, 3.8) is 0 Å². The molecule has 4 unspecified atom stereocenters. The summed E-state index contributed by atoms with van der Waals surface area (Å²) in [4.78, 5) is 56.1. The van der Waals surface area contributed by atoms with Gasteiger partial charge in [-0.1, -0.05) is 6.42 Å². The molecule has 0 aliphatic heterocycles. The van der Waals surface area contributed by atoms with Gasteiger partial charge >= 0.3 is 5.97 Å². The topological polar surface area (TPSA) is 226 Å². The van der Waals surface area contributed by atoms with Crippen LogP contribution >= 0.6 is 11.8 Å². The second kappa shape index (κ2) is 16.0. The first-order valence-electron chi connectivity index (χ1n) is 10.9. The highest BCUT2D eigenvalue weighted by Crippen LogP contribution is 2.05. The number of thioether (sulfide) groups is 1. The summed E-state index contributed by atoms with van der Waals surface area (Å²) in [7, 11) is 0. The van der Waals surface area contributed by atoms with Crippen molar-refractivity contribution in [3.05, 3.63) is 18.2 Å². The Morgan fingerprint density at radius 3 is 2.26 bits per heavy atom. The number of hydrogen-bond donors (Lipinski definition) is 8. The molecule has 0 saturated heterocycles. The number of unbranched alkanes of at least 4 members (excludes halogenated alkanes) is 1. The number of H-pyrrole nitrogens is 1. The minimum absolute atomic E-state index is 0.0167. The van der Waals surface area contributed by atoms with Crippen LogP contribution in [0.3, 0.4) is 0 Å². The van der Waals surface area contributed by atoms with Crippen LogP contribution in [-0.4, -0.2) is 93.2 Å². The summed E-state index contributed by atoms with van der Waals surface area (Å²) in [5, 5.41) is 26.3. The number of nitrogens with zero attached hydrogens (tertiary/aromatic N) is 1. The minimum atomic E-state index is -1.35. The van der Waals surface area contributed by atoms with Crippen molar-refractivity contribution in [2.45, 2.75) is 56.3 Å². The Hall–Kier alpha value is -2.68. The van der Waals surface area contributed by atoms with E-state index in [1.54, 1.807) is 0 Å². The normalized spacial score (nSPS) is 14.5. The Balaban J connectivity index is 2.87. The number of aliphatic carboxylic acids is 1. The highest BCUT2D eigenvalue weighted by Gasteiger charge is 2.30. The molecule has 0 bridgehead atoms. The number of aromatic nitrogens is 2. The van der Waals surface area contributed by atoms with E-state index in [9.17, 15) is 29.4 Å². The van der Waals surface area contributed by atoms with Gasteiger partial charge in [0, 0.05) is 18.3 Å². The monoisotopic (exact) mass is 501 g/mol. The highest BCUT2D eigenvalue weighted by molar-refractivity contribution is 7.98. The van der Waals surface area contributed by atoms with Crippen molar-refractivity contribution < 1.29 is 29.4 Å². The van der Waals surface area contributed by atoms with Crippen molar-refractivity contribution in [2.75, 3.05) is 25.2 Å². The average Bonchev–Trinajstić information content (AvgIpc) is 3.32. The number of nitrogens with one attached hydrogen (secondary N) is 4. The van der Waals surface area contributed by atoms with Gasteiger partial charge in [0.25, 0.3) is 0 Å². The Bertz CT molecular complexity index is 779. The third-order valence-electron chi connectivity index (χ3n) is 4.96. The fourth-order valence-corrected chi connectivity index (χ4v) is 3.45. The first kappa shape index (κ1) is 29.4. The minimum Gasteiger partial charge on any atom is -0.480 e. The van der Waals surface area contributed by atoms with Gasteiger partial charge in [-0.15, -0.1) is 0 Å². The number of aromatic amines is 1. The van der Waals surface area contributed by atoms with Crippen LogP contribution in [0.4, 0.5) is 0 Å². The Kier molecular flexibility index (Phi) is 13.8. The molecule has 0 aliphatic rings. The van der Waals surface area contributed by atoms with Gasteiger partial charge in [-0.25, -0.2) is 9.78 Å². The molecule has 0 radical (unpaired) electrons. The summed E-state index contributed by atoms with van der Waals surface area (Å²) in [6.45, 7) is -0.257. The highest BCUT2D eigenvalue weighted by atomic mass is 32.2.